The third kappa shape index (κ3) is 6.89. The van der Waals surface area contributed by atoms with Crippen LogP contribution in [-0.2, 0) is 24.2 Å². The standard InChI is InChI=1S/C34H42N2O4S/c1-26(2)34(41(3,39)40,29-20-11-6-12-21-29)24-14-13-23-31(37)36-25-15-22-30(36)33(38)35-32(27-16-7-4-8-17-27)28-18-9-5-10-19-28/h4-12,16-21,26,30,32H,13-15,22-25H2,1-3H3,(H,35,38)/t30-,34?/m0/s1. The predicted octanol–water partition coefficient (Wildman–Crippen LogP) is 6.04. The van der Waals surface area contributed by atoms with Gasteiger partial charge in [0, 0.05) is 19.2 Å². The molecule has 2 atom stereocenters. The van der Waals surface area contributed by atoms with Crippen LogP contribution in [0.15, 0.2) is 91.0 Å². The molecule has 3 aromatic carbocycles. The zero-order chi connectivity index (χ0) is 29.5. The molecule has 1 saturated heterocycles. The molecule has 1 aliphatic rings. The van der Waals surface area contributed by atoms with Crippen molar-refractivity contribution in [2.24, 2.45) is 5.92 Å². The normalized spacial score (nSPS) is 17.0. The average molecular weight is 575 g/mol. The quantitative estimate of drug-likeness (QED) is 0.267. The molecule has 3 aromatic rings. The van der Waals surface area contributed by atoms with Crippen LogP contribution in [0.3, 0.4) is 0 Å². The minimum Gasteiger partial charge on any atom is -0.343 e. The molecule has 1 fully saturated rings. The molecule has 1 unspecified atom stereocenters. The zero-order valence-corrected chi connectivity index (χ0v) is 25.1. The number of rotatable bonds is 12. The van der Waals surface area contributed by atoms with E-state index in [0.29, 0.717) is 32.2 Å². The van der Waals surface area contributed by atoms with Gasteiger partial charge in [0.2, 0.25) is 11.8 Å². The molecule has 2 amide bonds. The number of amides is 2. The minimum atomic E-state index is -3.42. The molecule has 7 heteroatoms. The summed E-state index contributed by atoms with van der Waals surface area (Å²) >= 11 is 0. The summed E-state index contributed by atoms with van der Waals surface area (Å²) in [5.74, 6) is -0.314. The highest BCUT2D eigenvalue weighted by molar-refractivity contribution is 7.91. The third-order valence-electron chi connectivity index (χ3n) is 8.47. The van der Waals surface area contributed by atoms with E-state index in [0.717, 1.165) is 23.1 Å². The molecule has 1 N–H and O–H groups in total. The summed E-state index contributed by atoms with van der Waals surface area (Å²) in [6.07, 6.45) is 4.63. The summed E-state index contributed by atoms with van der Waals surface area (Å²) in [5, 5.41) is 3.21. The van der Waals surface area contributed by atoms with Crippen LogP contribution < -0.4 is 5.32 Å². The smallest absolute Gasteiger partial charge is 0.243 e. The molecule has 218 valence electrons. The molecule has 6 nitrogen and oxygen atoms in total. The van der Waals surface area contributed by atoms with Gasteiger partial charge in [0.1, 0.15) is 6.04 Å². The molecule has 0 bridgehead atoms. The van der Waals surface area contributed by atoms with E-state index in [9.17, 15) is 18.0 Å². The van der Waals surface area contributed by atoms with Crippen molar-refractivity contribution in [1.82, 2.24) is 10.2 Å². The van der Waals surface area contributed by atoms with Crippen LogP contribution in [0.4, 0.5) is 0 Å². The number of likely N-dealkylation sites (tertiary alicyclic amines) is 1. The van der Waals surface area contributed by atoms with Gasteiger partial charge in [-0.2, -0.15) is 0 Å². The number of sulfone groups is 1. The first kappa shape index (κ1) is 30.5. The predicted molar refractivity (Wildman–Crippen MR) is 164 cm³/mol. The number of hydrogen-bond donors (Lipinski definition) is 1. The van der Waals surface area contributed by atoms with Crippen LogP contribution in [0.5, 0.6) is 0 Å². The second-order valence-electron chi connectivity index (χ2n) is 11.4. The summed E-state index contributed by atoms with van der Waals surface area (Å²) in [6, 6.07) is 28.3. The van der Waals surface area contributed by atoms with E-state index in [1.807, 2.05) is 105 Å². The number of hydrogen-bond acceptors (Lipinski definition) is 4. The van der Waals surface area contributed by atoms with Gasteiger partial charge in [0.25, 0.3) is 0 Å². The molecular formula is C34H42N2O4S. The van der Waals surface area contributed by atoms with Gasteiger partial charge in [0.15, 0.2) is 9.84 Å². The first-order chi connectivity index (χ1) is 19.6. The Morgan fingerprint density at radius 1 is 0.878 bits per heavy atom. The third-order valence-corrected chi connectivity index (χ3v) is 10.7. The summed E-state index contributed by atoms with van der Waals surface area (Å²) in [4.78, 5) is 28.6. The van der Waals surface area contributed by atoms with E-state index >= 15 is 0 Å². The second kappa shape index (κ2) is 13.5. The summed E-state index contributed by atoms with van der Waals surface area (Å²) in [6.45, 7) is 4.46. The summed E-state index contributed by atoms with van der Waals surface area (Å²) in [5.41, 5.74) is 2.77. The highest BCUT2D eigenvalue weighted by Crippen LogP contribution is 2.42. The molecule has 0 aliphatic carbocycles. The van der Waals surface area contributed by atoms with E-state index in [4.69, 9.17) is 0 Å². The topological polar surface area (TPSA) is 83.6 Å². The van der Waals surface area contributed by atoms with Crippen LogP contribution in [0, 0.1) is 5.92 Å². The van der Waals surface area contributed by atoms with E-state index in [-0.39, 0.29) is 30.2 Å². The lowest BCUT2D eigenvalue weighted by molar-refractivity contribution is -0.138. The first-order valence-corrected chi connectivity index (χ1v) is 16.5. The number of nitrogens with zero attached hydrogens (tertiary/aromatic N) is 1. The average Bonchev–Trinajstić information content (AvgIpc) is 3.47. The Kier molecular flexibility index (Phi) is 10.0. The highest BCUT2D eigenvalue weighted by atomic mass is 32.2. The second-order valence-corrected chi connectivity index (χ2v) is 13.7. The molecule has 4 rings (SSSR count). The van der Waals surface area contributed by atoms with Crippen molar-refractivity contribution < 1.29 is 18.0 Å². The lowest BCUT2D eigenvalue weighted by Gasteiger charge is -2.36. The Morgan fingerprint density at radius 2 is 1.41 bits per heavy atom. The van der Waals surface area contributed by atoms with E-state index < -0.39 is 20.6 Å². The van der Waals surface area contributed by atoms with Gasteiger partial charge in [-0.25, -0.2) is 8.42 Å². The lowest BCUT2D eigenvalue weighted by atomic mass is 9.83. The van der Waals surface area contributed by atoms with Gasteiger partial charge < -0.3 is 10.2 Å². The Hall–Kier alpha value is -3.45. The van der Waals surface area contributed by atoms with Crippen molar-refractivity contribution in [1.29, 1.82) is 0 Å². The molecular weight excluding hydrogens is 532 g/mol. The fraction of sp³-hybridized carbons (Fsp3) is 0.412. The van der Waals surface area contributed by atoms with Gasteiger partial charge >= 0.3 is 0 Å². The van der Waals surface area contributed by atoms with Crippen molar-refractivity contribution in [3.63, 3.8) is 0 Å². The lowest BCUT2D eigenvalue weighted by Crippen LogP contribution is -2.47. The number of nitrogens with one attached hydrogen (secondary N) is 1. The molecule has 0 spiro atoms. The maximum absolute atomic E-state index is 13.5. The molecule has 41 heavy (non-hydrogen) atoms. The fourth-order valence-electron chi connectivity index (χ4n) is 6.35. The van der Waals surface area contributed by atoms with E-state index in [1.165, 1.54) is 6.26 Å². The monoisotopic (exact) mass is 574 g/mol. The maximum Gasteiger partial charge on any atom is 0.243 e. The van der Waals surface area contributed by atoms with E-state index in [1.54, 1.807) is 4.90 Å². The van der Waals surface area contributed by atoms with Crippen molar-refractivity contribution in [3.05, 3.63) is 108 Å². The van der Waals surface area contributed by atoms with Gasteiger partial charge in [-0.15, -0.1) is 0 Å². The van der Waals surface area contributed by atoms with Gasteiger partial charge in [0.05, 0.1) is 10.8 Å². The Balaban J connectivity index is 1.41. The van der Waals surface area contributed by atoms with Crippen LogP contribution in [0.25, 0.3) is 0 Å². The Labute approximate surface area is 245 Å². The highest BCUT2D eigenvalue weighted by Gasteiger charge is 2.44. The van der Waals surface area contributed by atoms with Crippen LogP contribution in [0.2, 0.25) is 0 Å². The Bertz CT molecular complexity index is 1350. The number of carbonyl (C=O) groups excluding carboxylic acids is 2. The minimum absolute atomic E-state index is 0.0483. The largest absolute Gasteiger partial charge is 0.343 e. The van der Waals surface area contributed by atoms with Crippen molar-refractivity contribution in [2.45, 2.75) is 69.2 Å². The van der Waals surface area contributed by atoms with Crippen LogP contribution in [-0.4, -0.2) is 44.0 Å². The van der Waals surface area contributed by atoms with Crippen molar-refractivity contribution in [3.8, 4) is 0 Å². The van der Waals surface area contributed by atoms with Crippen LogP contribution in [0.1, 0.15) is 75.1 Å². The SMILES string of the molecule is CC(C)C(CCCCC(=O)N1CCC[C@H]1C(=O)NC(c1ccccc1)c1ccccc1)(c1ccccc1)S(C)(=O)=O. The number of carbonyl (C=O) groups is 2. The molecule has 0 saturated carbocycles. The zero-order valence-electron chi connectivity index (χ0n) is 24.3. The maximum atomic E-state index is 13.5. The molecule has 0 radical (unpaired) electrons. The number of unbranched alkanes of at least 4 members (excludes halogenated alkanes) is 1. The molecule has 1 aliphatic heterocycles. The number of benzene rings is 3. The van der Waals surface area contributed by atoms with Gasteiger partial charge in [-0.1, -0.05) is 111 Å². The van der Waals surface area contributed by atoms with Gasteiger partial charge in [-0.05, 0) is 48.3 Å². The van der Waals surface area contributed by atoms with Gasteiger partial charge in [-0.3, -0.25) is 9.59 Å². The summed E-state index contributed by atoms with van der Waals surface area (Å²) in [7, 11) is -3.42. The van der Waals surface area contributed by atoms with Crippen LogP contribution >= 0.6 is 0 Å². The summed E-state index contributed by atoms with van der Waals surface area (Å²) < 4.78 is 25.2. The first-order valence-electron chi connectivity index (χ1n) is 14.6. The van der Waals surface area contributed by atoms with Crippen molar-refractivity contribution in [2.75, 3.05) is 12.8 Å². The van der Waals surface area contributed by atoms with E-state index in [2.05, 4.69) is 5.32 Å². The van der Waals surface area contributed by atoms with Crippen molar-refractivity contribution >= 4 is 21.7 Å². The fourth-order valence-corrected chi connectivity index (χ4v) is 8.28. The molecule has 0 aromatic heterocycles. The molecule has 1 heterocycles. The Morgan fingerprint density at radius 3 is 1.93 bits per heavy atom.